The molecule has 0 atom stereocenters. The first kappa shape index (κ1) is 24.8. The van der Waals surface area contributed by atoms with Crippen molar-refractivity contribution in [3.05, 3.63) is 0 Å². The van der Waals surface area contributed by atoms with E-state index in [1.807, 2.05) is 0 Å². The van der Waals surface area contributed by atoms with E-state index in [0.717, 1.165) is 0 Å². The molecular formula is C16H28N2O9. The Morgan fingerprint density at radius 1 is 0.556 bits per heavy atom. The number of nitrogens with one attached hydrogen (secondary N) is 2. The lowest BCUT2D eigenvalue weighted by Gasteiger charge is -2.07. The molecule has 27 heavy (non-hydrogen) atoms. The molecule has 0 aromatic carbocycles. The number of carboxylic acid groups (broad SMARTS) is 2. The maximum atomic E-state index is 11.5. The summed E-state index contributed by atoms with van der Waals surface area (Å²) < 4.78 is 15.2. The average molecular weight is 392 g/mol. The first-order valence-electron chi connectivity index (χ1n) is 8.62. The number of carbonyl (C=O) groups excluding carboxylic acids is 2. The lowest BCUT2D eigenvalue weighted by Crippen LogP contribution is -2.29. The third kappa shape index (κ3) is 19.9. The highest BCUT2D eigenvalue weighted by atomic mass is 16.5. The highest BCUT2D eigenvalue weighted by Crippen LogP contribution is 1.88. The molecular weight excluding hydrogens is 364 g/mol. The monoisotopic (exact) mass is 392 g/mol. The predicted octanol–water partition coefficient (Wildman–Crippen LogP) is -1.00. The molecule has 156 valence electrons. The van der Waals surface area contributed by atoms with E-state index in [9.17, 15) is 19.2 Å². The molecule has 0 spiro atoms. The maximum Gasteiger partial charge on any atom is 0.305 e. The fourth-order valence-electron chi connectivity index (χ4n) is 1.66. The van der Waals surface area contributed by atoms with Crippen molar-refractivity contribution in [2.45, 2.75) is 25.7 Å². The Bertz CT molecular complexity index is 417. The Balaban J connectivity index is 3.36. The van der Waals surface area contributed by atoms with Crippen molar-refractivity contribution in [3.63, 3.8) is 0 Å². The van der Waals surface area contributed by atoms with Gasteiger partial charge in [0.2, 0.25) is 11.8 Å². The third-order valence-electron chi connectivity index (χ3n) is 3.00. The van der Waals surface area contributed by atoms with Crippen LogP contribution in [0.15, 0.2) is 0 Å². The minimum atomic E-state index is -0.936. The molecule has 0 heterocycles. The first-order chi connectivity index (χ1) is 12.9. The van der Waals surface area contributed by atoms with Gasteiger partial charge in [-0.15, -0.1) is 0 Å². The lowest BCUT2D eigenvalue weighted by atomic mass is 10.4. The number of amides is 2. The third-order valence-corrected chi connectivity index (χ3v) is 3.00. The molecule has 0 rings (SSSR count). The molecule has 0 unspecified atom stereocenters. The Labute approximate surface area is 157 Å². The molecule has 0 aliphatic heterocycles. The summed E-state index contributed by atoms with van der Waals surface area (Å²) in [5.74, 6) is -2.32. The van der Waals surface area contributed by atoms with Crippen LogP contribution < -0.4 is 10.6 Å². The Morgan fingerprint density at radius 2 is 0.889 bits per heavy atom. The fourth-order valence-corrected chi connectivity index (χ4v) is 1.66. The highest BCUT2D eigenvalue weighted by molar-refractivity contribution is 5.76. The number of rotatable bonds is 18. The normalized spacial score (nSPS) is 10.4. The lowest BCUT2D eigenvalue weighted by molar-refractivity contribution is -0.139. The Morgan fingerprint density at radius 3 is 1.26 bits per heavy atom. The van der Waals surface area contributed by atoms with Crippen LogP contribution in [-0.2, 0) is 33.4 Å². The zero-order valence-corrected chi connectivity index (χ0v) is 15.2. The average Bonchev–Trinajstić information content (AvgIpc) is 2.60. The fraction of sp³-hybridized carbons (Fsp3) is 0.750. The van der Waals surface area contributed by atoms with Crippen molar-refractivity contribution in [3.8, 4) is 0 Å². The van der Waals surface area contributed by atoms with Crippen molar-refractivity contribution in [2.75, 3.05) is 52.7 Å². The molecule has 0 aliphatic carbocycles. The van der Waals surface area contributed by atoms with Crippen LogP contribution in [0, 0.1) is 0 Å². The van der Waals surface area contributed by atoms with Gasteiger partial charge >= 0.3 is 11.9 Å². The largest absolute Gasteiger partial charge is 0.481 e. The van der Waals surface area contributed by atoms with Gasteiger partial charge in [0.1, 0.15) is 0 Å². The van der Waals surface area contributed by atoms with Gasteiger partial charge in [-0.1, -0.05) is 0 Å². The van der Waals surface area contributed by atoms with Crippen LogP contribution in [-0.4, -0.2) is 86.7 Å². The van der Waals surface area contributed by atoms with E-state index in [2.05, 4.69) is 10.6 Å². The quantitative estimate of drug-likeness (QED) is 0.214. The second kappa shape index (κ2) is 17.2. The molecule has 0 aromatic rings. The summed E-state index contributed by atoms with van der Waals surface area (Å²) in [5.41, 5.74) is 0. The van der Waals surface area contributed by atoms with Gasteiger partial charge in [0, 0.05) is 25.9 Å². The van der Waals surface area contributed by atoms with Gasteiger partial charge in [0.05, 0.1) is 52.5 Å². The molecule has 11 heteroatoms. The van der Waals surface area contributed by atoms with Gasteiger partial charge in [-0.25, -0.2) is 0 Å². The summed E-state index contributed by atoms with van der Waals surface area (Å²) in [6.45, 7) is 1.61. The van der Waals surface area contributed by atoms with Crippen LogP contribution in [0.25, 0.3) is 0 Å². The van der Waals surface area contributed by atoms with Crippen molar-refractivity contribution in [1.29, 1.82) is 0 Å². The predicted molar refractivity (Wildman–Crippen MR) is 92.2 cm³/mol. The van der Waals surface area contributed by atoms with E-state index >= 15 is 0 Å². The molecule has 0 bridgehead atoms. The van der Waals surface area contributed by atoms with Crippen LogP contribution in [0.2, 0.25) is 0 Å². The summed E-state index contributed by atoms with van der Waals surface area (Å²) in [5, 5.41) is 22.0. The summed E-state index contributed by atoms with van der Waals surface area (Å²) in [6, 6.07) is 0. The second-order valence-electron chi connectivity index (χ2n) is 5.32. The minimum Gasteiger partial charge on any atom is -0.481 e. The van der Waals surface area contributed by atoms with Crippen molar-refractivity contribution < 1.29 is 43.6 Å². The van der Waals surface area contributed by atoms with Gasteiger partial charge < -0.3 is 35.1 Å². The van der Waals surface area contributed by atoms with Crippen LogP contribution in [0.4, 0.5) is 0 Å². The molecule has 0 saturated heterocycles. The zero-order valence-electron chi connectivity index (χ0n) is 15.2. The molecule has 0 aromatic heterocycles. The number of hydrogen-bond donors (Lipinski definition) is 4. The van der Waals surface area contributed by atoms with Crippen molar-refractivity contribution in [1.82, 2.24) is 10.6 Å². The van der Waals surface area contributed by atoms with Gasteiger partial charge in [-0.3, -0.25) is 19.2 Å². The van der Waals surface area contributed by atoms with E-state index in [4.69, 9.17) is 24.4 Å². The standard InChI is InChI=1S/C16H28N2O9/c19-13(17-5-11-26-9-3-15(21)22)1-7-25-8-2-14(20)18-6-12-27-10-4-16(23)24/h1-12H2,(H,17,19)(H,18,20)(H,21,22)(H,23,24). The topological polar surface area (TPSA) is 160 Å². The first-order valence-corrected chi connectivity index (χ1v) is 8.62. The van der Waals surface area contributed by atoms with Crippen LogP contribution >= 0.6 is 0 Å². The maximum absolute atomic E-state index is 11.5. The second-order valence-corrected chi connectivity index (χ2v) is 5.32. The summed E-state index contributed by atoms with van der Waals surface area (Å²) in [7, 11) is 0. The molecule has 0 saturated carbocycles. The molecule has 2 amide bonds. The molecule has 0 fully saturated rings. The molecule has 4 N–H and O–H groups in total. The van der Waals surface area contributed by atoms with E-state index in [1.54, 1.807) is 0 Å². The Hall–Kier alpha value is -2.24. The van der Waals surface area contributed by atoms with Crippen molar-refractivity contribution >= 4 is 23.8 Å². The molecule has 0 radical (unpaired) electrons. The molecule has 0 aliphatic rings. The van der Waals surface area contributed by atoms with Crippen LogP contribution in [0.3, 0.4) is 0 Å². The van der Waals surface area contributed by atoms with Gasteiger partial charge in [-0.05, 0) is 0 Å². The van der Waals surface area contributed by atoms with Gasteiger partial charge in [0.25, 0.3) is 0 Å². The number of ether oxygens (including phenoxy) is 3. The number of hydrogen-bond acceptors (Lipinski definition) is 7. The highest BCUT2D eigenvalue weighted by Gasteiger charge is 2.04. The van der Waals surface area contributed by atoms with Crippen molar-refractivity contribution in [2.24, 2.45) is 0 Å². The summed E-state index contributed by atoms with van der Waals surface area (Å²) >= 11 is 0. The van der Waals surface area contributed by atoms with E-state index in [-0.39, 0.29) is 90.2 Å². The smallest absolute Gasteiger partial charge is 0.305 e. The SMILES string of the molecule is O=C(O)CCOCCNC(=O)CCOCCC(=O)NCCOCCC(=O)O. The number of carbonyl (C=O) groups is 4. The van der Waals surface area contributed by atoms with Gasteiger partial charge in [-0.2, -0.15) is 0 Å². The summed E-state index contributed by atoms with van der Waals surface area (Å²) in [4.78, 5) is 43.5. The molecule has 11 nitrogen and oxygen atoms in total. The van der Waals surface area contributed by atoms with E-state index in [0.29, 0.717) is 0 Å². The van der Waals surface area contributed by atoms with Gasteiger partial charge in [0.15, 0.2) is 0 Å². The summed E-state index contributed by atoms with van der Waals surface area (Å²) in [6.07, 6.45) is 0.141. The van der Waals surface area contributed by atoms with Crippen LogP contribution in [0.5, 0.6) is 0 Å². The number of aliphatic carboxylic acids is 2. The van der Waals surface area contributed by atoms with E-state index < -0.39 is 11.9 Å². The zero-order chi connectivity index (χ0) is 20.3. The number of carboxylic acids is 2. The van der Waals surface area contributed by atoms with Crippen LogP contribution in [0.1, 0.15) is 25.7 Å². The Kier molecular flexibility index (Phi) is 15.8. The van der Waals surface area contributed by atoms with E-state index in [1.165, 1.54) is 0 Å². The minimum absolute atomic E-state index is 0.0763.